The molecule has 4 rings (SSSR count). The van der Waals surface area contributed by atoms with Gasteiger partial charge in [-0.25, -0.2) is 0 Å². The third-order valence-corrected chi connectivity index (χ3v) is 5.26. The summed E-state index contributed by atoms with van der Waals surface area (Å²) in [6, 6.07) is 16.2. The molecule has 0 saturated carbocycles. The average molecular weight is 282 g/mol. The molecule has 0 amide bonds. The summed E-state index contributed by atoms with van der Waals surface area (Å²) in [5.41, 5.74) is 2.18. The minimum atomic E-state index is -0.468. The number of benzene rings is 2. The van der Waals surface area contributed by atoms with Crippen molar-refractivity contribution in [3.63, 3.8) is 0 Å². The topological polar surface area (TPSA) is 18.5 Å². The quantitative estimate of drug-likeness (QED) is 0.726. The molecule has 100 valence electrons. The standard InChI is InChI=1S/C17H14O2S/c1-2-12-11-18-17(20-12)13-7-3-5-9-15(13)19-16-10-6-4-8-14(16)17/h2-10,12H,1,11H2/t12-/m0/s1. The van der Waals surface area contributed by atoms with Crippen molar-refractivity contribution in [1.29, 1.82) is 0 Å². The first kappa shape index (κ1) is 12.1. The predicted molar refractivity (Wildman–Crippen MR) is 81.3 cm³/mol. The van der Waals surface area contributed by atoms with Gasteiger partial charge in [-0.05, 0) is 12.1 Å². The van der Waals surface area contributed by atoms with Crippen LogP contribution in [0.5, 0.6) is 11.5 Å². The van der Waals surface area contributed by atoms with Gasteiger partial charge in [-0.3, -0.25) is 0 Å². The van der Waals surface area contributed by atoms with Gasteiger partial charge in [0.05, 0.1) is 6.61 Å². The first-order valence-electron chi connectivity index (χ1n) is 6.65. The highest BCUT2D eigenvalue weighted by Crippen LogP contribution is 2.58. The summed E-state index contributed by atoms with van der Waals surface area (Å²) in [5, 5.41) is 0.300. The van der Waals surface area contributed by atoms with Crippen molar-refractivity contribution in [2.75, 3.05) is 6.61 Å². The second-order valence-corrected chi connectivity index (χ2v) is 6.33. The third kappa shape index (κ3) is 1.57. The number of hydrogen-bond acceptors (Lipinski definition) is 3. The van der Waals surface area contributed by atoms with E-state index in [4.69, 9.17) is 9.47 Å². The van der Waals surface area contributed by atoms with Crippen LogP contribution in [-0.2, 0) is 9.67 Å². The van der Waals surface area contributed by atoms with E-state index < -0.39 is 4.93 Å². The van der Waals surface area contributed by atoms with Gasteiger partial charge in [-0.2, -0.15) is 0 Å². The van der Waals surface area contributed by atoms with E-state index in [0.29, 0.717) is 11.9 Å². The van der Waals surface area contributed by atoms with Crippen molar-refractivity contribution in [1.82, 2.24) is 0 Å². The molecule has 2 nitrogen and oxygen atoms in total. The fraction of sp³-hybridized carbons (Fsp3) is 0.176. The lowest BCUT2D eigenvalue weighted by Gasteiger charge is -2.35. The van der Waals surface area contributed by atoms with Crippen LogP contribution in [0.25, 0.3) is 0 Å². The molecule has 0 unspecified atom stereocenters. The molecule has 3 heteroatoms. The maximum absolute atomic E-state index is 6.25. The predicted octanol–water partition coefficient (Wildman–Crippen LogP) is 4.31. The van der Waals surface area contributed by atoms with Crippen LogP contribution in [0, 0.1) is 0 Å². The van der Waals surface area contributed by atoms with E-state index >= 15 is 0 Å². The molecule has 0 bridgehead atoms. The molecule has 0 aliphatic carbocycles. The molecular weight excluding hydrogens is 268 g/mol. The maximum atomic E-state index is 6.25. The number of hydrogen-bond donors (Lipinski definition) is 0. The Morgan fingerprint density at radius 2 is 1.65 bits per heavy atom. The number of para-hydroxylation sites is 2. The number of ether oxygens (including phenoxy) is 2. The fourth-order valence-corrected chi connectivity index (χ4v) is 4.18. The molecule has 1 saturated heterocycles. The Morgan fingerprint density at radius 1 is 1.05 bits per heavy atom. The Hall–Kier alpha value is -1.71. The highest BCUT2D eigenvalue weighted by atomic mass is 32.2. The zero-order valence-corrected chi connectivity index (χ0v) is 11.7. The van der Waals surface area contributed by atoms with E-state index in [1.54, 1.807) is 11.8 Å². The van der Waals surface area contributed by atoms with Crippen LogP contribution in [0.3, 0.4) is 0 Å². The Bertz CT molecular complexity index is 635. The van der Waals surface area contributed by atoms with E-state index in [1.807, 2.05) is 42.5 Å². The van der Waals surface area contributed by atoms with Crippen LogP contribution >= 0.6 is 11.8 Å². The molecule has 1 atom stereocenters. The van der Waals surface area contributed by atoms with Gasteiger partial charge in [0.1, 0.15) is 11.5 Å². The summed E-state index contributed by atoms with van der Waals surface area (Å²) in [6.45, 7) is 4.58. The largest absolute Gasteiger partial charge is 0.456 e. The van der Waals surface area contributed by atoms with Gasteiger partial charge in [0.25, 0.3) is 0 Å². The van der Waals surface area contributed by atoms with Gasteiger partial charge < -0.3 is 9.47 Å². The summed E-state index contributed by atoms with van der Waals surface area (Å²) < 4.78 is 12.3. The number of fused-ring (bicyclic) bond motifs is 4. The van der Waals surface area contributed by atoms with Crippen molar-refractivity contribution in [3.05, 3.63) is 72.3 Å². The molecular formula is C17H14O2S. The number of rotatable bonds is 1. The van der Waals surface area contributed by atoms with Crippen LogP contribution < -0.4 is 4.74 Å². The minimum absolute atomic E-state index is 0.300. The zero-order chi connectivity index (χ0) is 13.6. The smallest absolute Gasteiger partial charge is 0.172 e. The lowest BCUT2D eigenvalue weighted by Crippen LogP contribution is -2.27. The highest BCUT2D eigenvalue weighted by molar-refractivity contribution is 8.01. The van der Waals surface area contributed by atoms with E-state index in [2.05, 4.69) is 18.7 Å². The van der Waals surface area contributed by atoms with Crippen molar-refractivity contribution >= 4 is 11.8 Å². The molecule has 2 aromatic carbocycles. The van der Waals surface area contributed by atoms with E-state index in [1.165, 1.54) is 0 Å². The normalized spacial score (nSPS) is 21.9. The second-order valence-electron chi connectivity index (χ2n) is 4.91. The van der Waals surface area contributed by atoms with Crippen molar-refractivity contribution in [3.8, 4) is 11.5 Å². The molecule has 0 aromatic heterocycles. The lowest BCUT2D eigenvalue weighted by atomic mass is 9.96. The van der Waals surface area contributed by atoms with Crippen LogP contribution in [-0.4, -0.2) is 11.9 Å². The Kier molecular flexibility index (Phi) is 2.65. The van der Waals surface area contributed by atoms with Gasteiger partial charge in [-0.1, -0.05) is 42.5 Å². The molecule has 2 aromatic rings. The molecule has 1 fully saturated rings. The molecule has 0 N–H and O–H groups in total. The van der Waals surface area contributed by atoms with Gasteiger partial charge >= 0.3 is 0 Å². The van der Waals surface area contributed by atoms with Crippen LogP contribution in [0.4, 0.5) is 0 Å². The first-order valence-corrected chi connectivity index (χ1v) is 7.53. The summed E-state index contributed by atoms with van der Waals surface area (Å²) >= 11 is 1.80. The Morgan fingerprint density at radius 3 is 2.20 bits per heavy atom. The summed E-state index contributed by atoms with van der Waals surface area (Å²) in [5.74, 6) is 1.76. The summed E-state index contributed by atoms with van der Waals surface area (Å²) in [7, 11) is 0. The van der Waals surface area contributed by atoms with Gasteiger partial charge in [-0.15, -0.1) is 18.3 Å². The highest BCUT2D eigenvalue weighted by Gasteiger charge is 2.49. The minimum Gasteiger partial charge on any atom is -0.456 e. The van der Waals surface area contributed by atoms with Gasteiger partial charge in [0.2, 0.25) is 0 Å². The van der Waals surface area contributed by atoms with Crippen LogP contribution in [0.1, 0.15) is 11.1 Å². The molecule has 1 spiro atoms. The Balaban J connectivity index is 1.96. The summed E-state index contributed by atoms with van der Waals surface area (Å²) in [6.07, 6.45) is 1.96. The molecule has 2 aliphatic heterocycles. The van der Waals surface area contributed by atoms with Crippen LogP contribution in [0.2, 0.25) is 0 Å². The van der Waals surface area contributed by atoms with E-state index in [0.717, 1.165) is 22.6 Å². The average Bonchev–Trinajstić information content (AvgIpc) is 2.93. The molecule has 2 aliphatic rings. The zero-order valence-electron chi connectivity index (χ0n) is 10.9. The van der Waals surface area contributed by atoms with Gasteiger partial charge in [0, 0.05) is 16.4 Å². The monoisotopic (exact) mass is 282 g/mol. The SMILES string of the molecule is C=C[C@H]1COC2(S1)c1ccccc1Oc1ccccc12. The first-order chi connectivity index (χ1) is 9.83. The number of thioether (sulfide) groups is 1. The lowest BCUT2D eigenvalue weighted by molar-refractivity contribution is 0.0688. The van der Waals surface area contributed by atoms with E-state index in [-0.39, 0.29) is 0 Å². The van der Waals surface area contributed by atoms with Gasteiger partial charge in [0.15, 0.2) is 4.93 Å². The molecule has 20 heavy (non-hydrogen) atoms. The second kappa shape index (κ2) is 4.40. The van der Waals surface area contributed by atoms with Crippen LogP contribution in [0.15, 0.2) is 61.2 Å². The molecule has 0 radical (unpaired) electrons. The van der Waals surface area contributed by atoms with E-state index in [9.17, 15) is 0 Å². The van der Waals surface area contributed by atoms with Crippen molar-refractivity contribution in [2.24, 2.45) is 0 Å². The van der Waals surface area contributed by atoms with Crippen molar-refractivity contribution < 1.29 is 9.47 Å². The Labute approximate surface area is 122 Å². The third-order valence-electron chi connectivity index (χ3n) is 3.73. The maximum Gasteiger partial charge on any atom is 0.172 e. The molecule has 2 heterocycles. The summed E-state index contributed by atoms with van der Waals surface area (Å²) in [4.78, 5) is -0.468. The fourth-order valence-electron chi connectivity index (χ4n) is 2.80. The van der Waals surface area contributed by atoms with Crippen molar-refractivity contribution in [2.45, 2.75) is 10.2 Å².